The van der Waals surface area contributed by atoms with Crippen LogP contribution in [0.15, 0.2) is 30.3 Å². The summed E-state index contributed by atoms with van der Waals surface area (Å²) in [5.41, 5.74) is 5.24. The second kappa shape index (κ2) is 5.32. The number of aromatic nitrogens is 2. The van der Waals surface area contributed by atoms with Gasteiger partial charge in [-0.05, 0) is 18.6 Å². The maximum Gasteiger partial charge on any atom is 0.0681 e. The van der Waals surface area contributed by atoms with E-state index in [9.17, 15) is 0 Å². The van der Waals surface area contributed by atoms with E-state index in [1.54, 1.807) is 0 Å². The van der Waals surface area contributed by atoms with Crippen molar-refractivity contribution in [2.75, 3.05) is 0 Å². The van der Waals surface area contributed by atoms with Crippen LogP contribution in [0.3, 0.4) is 0 Å². The van der Waals surface area contributed by atoms with Crippen molar-refractivity contribution < 1.29 is 0 Å². The molecule has 2 aromatic rings. The third-order valence-electron chi connectivity index (χ3n) is 3.77. The van der Waals surface area contributed by atoms with E-state index < -0.39 is 0 Å². The molecule has 114 valence electrons. The maximum atomic E-state index is 4.88. The standard InChI is InChI=1S/C19H28N2/c1-14-8-10-15(11-9-14)13-21-17(19(5,6)7)12-16(20-21)18(2,3)4/h8-12H,13H2,1-7H3. The second-order valence-corrected chi connectivity index (χ2v) is 8.06. The normalized spacial score (nSPS) is 12.7. The molecular weight excluding hydrogens is 256 g/mol. The summed E-state index contributed by atoms with van der Waals surface area (Å²) >= 11 is 0. The Hall–Kier alpha value is -1.57. The van der Waals surface area contributed by atoms with E-state index in [0.717, 1.165) is 6.54 Å². The van der Waals surface area contributed by atoms with Gasteiger partial charge in [-0.2, -0.15) is 5.10 Å². The van der Waals surface area contributed by atoms with Crippen LogP contribution in [0, 0.1) is 6.92 Å². The highest BCUT2D eigenvalue weighted by Crippen LogP contribution is 2.29. The van der Waals surface area contributed by atoms with Crippen LogP contribution in [0.1, 0.15) is 64.1 Å². The molecule has 21 heavy (non-hydrogen) atoms. The van der Waals surface area contributed by atoms with E-state index >= 15 is 0 Å². The first kappa shape index (κ1) is 15.8. The Kier molecular flexibility index (Phi) is 4.01. The van der Waals surface area contributed by atoms with Crippen LogP contribution in [-0.2, 0) is 17.4 Å². The van der Waals surface area contributed by atoms with Gasteiger partial charge in [0.1, 0.15) is 0 Å². The van der Waals surface area contributed by atoms with E-state index in [-0.39, 0.29) is 10.8 Å². The Morgan fingerprint density at radius 2 is 1.48 bits per heavy atom. The lowest BCUT2D eigenvalue weighted by molar-refractivity contribution is 0.496. The van der Waals surface area contributed by atoms with Crippen LogP contribution >= 0.6 is 0 Å². The van der Waals surface area contributed by atoms with Crippen LogP contribution in [0.25, 0.3) is 0 Å². The first-order valence-electron chi connectivity index (χ1n) is 7.72. The highest BCUT2D eigenvalue weighted by molar-refractivity contribution is 5.26. The number of hydrogen-bond donors (Lipinski definition) is 0. The molecule has 0 N–H and O–H groups in total. The van der Waals surface area contributed by atoms with E-state index in [4.69, 9.17) is 5.10 Å². The average Bonchev–Trinajstić information content (AvgIpc) is 2.75. The van der Waals surface area contributed by atoms with Crippen molar-refractivity contribution in [1.82, 2.24) is 9.78 Å². The predicted molar refractivity (Wildman–Crippen MR) is 89.9 cm³/mol. The molecular formula is C19H28N2. The van der Waals surface area contributed by atoms with Crippen LogP contribution in [0.5, 0.6) is 0 Å². The highest BCUT2D eigenvalue weighted by atomic mass is 15.3. The monoisotopic (exact) mass is 284 g/mol. The molecule has 2 rings (SSSR count). The summed E-state index contributed by atoms with van der Waals surface area (Å²) in [5, 5.41) is 4.88. The summed E-state index contributed by atoms with van der Waals surface area (Å²) in [6.45, 7) is 16.4. The minimum Gasteiger partial charge on any atom is -0.264 e. The molecule has 0 radical (unpaired) electrons. The lowest BCUT2D eigenvalue weighted by Crippen LogP contribution is -2.19. The zero-order valence-corrected chi connectivity index (χ0v) is 14.5. The second-order valence-electron chi connectivity index (χ2n) is 8.06. The molecule has 2 heteroatoms. The Morgan fingerprint density at radius 1 is 0.905 bits per heavy atom. The fraction of sp³-hybridized carbons (Fsp3) is 0.526. The third kappa shape index (κ3) is 3.75. The molecule has 0 aliphatic rings. The predicted octanol–water partition coefficient (Wildman–Crippen LogP) is 4.83. The number of rotatable bonds is 2. The molecule has 0 fully saturated rings. The first-order valence-corrected chi connectivity index (χ1v) is 7.72. The van der Waals surface area contributed by atoms with Crippen molar-refractivity contribution in [1.29, 1.82) is 0 Å². The Bertz CT molecular complexity index is 604. The van der Waals surface area contributed by atoms with Crippen molar-refractivity contribution in [3.63, 3.8) is 0 Å². The van der Waals surface area contributed by atoms with Gasteiger partial charge in [-0.15, -0.1) is 0 Å². The van der Waals surface area contributed by atoms with E-state index in [0.29, 0.717) is 0 Å². The number of hydrogen-bond acceptors (Lipinski definition) is 1. The Labute approximate surface area is 129 Å². The average molecular weight is 284 g/mol. The van der Waals surface area contributed by atoms with E-state index in [1.807, 2.05) is 0 Å². The summed E-state index contributed by atoms with van der Waals surface area (Å²) in [6, 6.07) is 11.0. The summed E-state index contributed by atoms with van der Waals surface area (Å²) in [4.78, 5) is 0. The van der Waals surface area contributed by atoms with E-state index in [1.165, 1.54) is 22.5 Å². The zero-order valence-electron chi connectivity index (χ0n) is 14.5. The number of aryl methyl sites for hydroxylation is 1. The van der Waals surface area contributed by atoms with Crippen molar-refractivity contribution in [3.05, 3.63) is 52.8 Å². The molecule has 0 atom stereocenters. The van der Waals surface area contributed by atoms with Gasteiger partial charge in [0.05, 0.1) is 12.2 Å². The quantitative estimate of drug-likeness (QED) is 0.772. The topological polar surface area (TPSA) is 17.8 Å². The van der Waals surface area contributed by atoms with Gasteiger partial charge in [-0.25, -0.2) is 0 Å². The van der Waals surface area contributed by atoms with Gasteiger partial charge in [-0.3, -0.25) is 4.68 Å². The van der Waals surface area contributed by atoms with Crippen LogP contribution < -0.4 is 0 Å². The number of nitrogens with zero attached hydrogens (tertiary/aromatic N) is 2. The minimum atomic E-state index is 0.0819. The molecule has 0 saturated heterocycles. The van der Waals surface area contributed by atoms with Crippen molar-refractivity contribution in [2.45, 2.75) is 65.8 Å². The molecule has 1 aromatic carbocycles. The maximum absolute atomic E-state index is 4.88. The lowest BCUT2D eigenvalue weighted by atomic mass is 9.88. The van der Waals surface area contributed by atoms with Gasteiger partial charge >= 0.3 is 0 Å². The highest BCUT2D eigenvalue weighted by Gasteiger charge is 2.25. The summed E-state index contributed by atoms with van der Waals surface area (Å²) in [7, 11) is 0. The SMILES string of the molecule is Cc1ccc(Cn2nc(C(C)(C)C)cc2C(C)(C)C)cc1. The van der Waals surface area contributed by atoms with Crippen LogP contribution in [0.2, 0.25) is 0 Å². The largest absolute Gasteiger partial charge is 0.264 e. The van der Waals surface area contributed by atoms with Crippen molar-refractivity contribution in [2.24, 2.45) is 0 Å². The van der Waals surface area contributed by atoms with E-state index in [2.05, 4.69) is 83.5 Å². The molecule has 0 bridgehead atoms. The molecule has 2 nitrogen and oxygen atoms in total. The molecule has 0 unspecified atom stereocenters. The molecule has 0 spiro atoms. The summed E-state index contributed by atoms with van der Waals surface area (Å²) in [6.07, 6.45) is 0. The first-order chi connectivity index (χ1) is 9.57. The van der Waals surface area contributed by atoms with Crippen molar-refractivity contribution in [3.8, 4) is 0 Å². The van der Waals surface area contributed by atoms with Gasteiger partial charge in [0.15, 0.2) is 0 Å². The molecule has 0 aliphatic heterocycles. The fourth-order valence-corrected chi connectivity index (χ4v) is 2.37. The Morgan fingerprint density at radius 3 is 1.95 bits per heavy atom. The van der Waals surface area contributed by atoms with Gasteiger partial charge in [0.25, 0.3) is 0 Å². The summed E-state index contributed by atoms with van der Waals surface area (Å²) in [5.74, 6) is 0. The molecule has 0 saturated carbocycles. The van der Waals surface area contributed by atoms with Gasteiger partial charge in [0, 0.05) is 16.5 Å². The molecule has 0 amide bonds. The summed E-state index contributed by atoms with van der Waals surface area (Å²) < 4.78 is 2.17. The molecule has 1 heterocycles. The van der Waals surface area contributed by atoms with Crippen LogP contribution in [0.4, 0.5) is 0 Å². The zero-order chi connectivity index (χ0) is 15.8. The number of benzene rings is 1. The van der Waals surface area contributed by atoms with Gasteiger partial charge in [0.2, 0.25) is 0 Å². The van der Waals surface area contributed by atoms with Gasteiger partial charge < -0.3 is 0 Å². The van der Waals surface area contributed by atoms with Gasteiger partial charge in [-0.1, -0.05) is 71.4 Å². The third-order valence-corrected chi connectivity index (χ3v) is 3.77. The van der Waals surface area contributed by atoms with Crippen molar-refractivity contribution >= 4 is 0 Å². The molecule has 0 aliphatic carbocycles. The van der Waals surface area contributed by atoms with Crippen LogP contribution in [-0.4, -0.2) is 9.78 Å². The lowest BCUT2D eigenvalue weighted by Gasteiger charge is -2.20. The molecule has 1 aromatic heterocycles. The Balaban J connectivity index is 2.41. The smallest absolute Gasteiger partial charge is 0.0681 e. The fourth-order valence-electron chi connectivity index (χ4n) is 2.37. The minimum absolute atomic E-state index is 0.0819.